The minimum absolute atomic E-state index is 0.0897. The fourth-order valence-corrected chi connectivity index (χ4v) is 4.07. The summed E-state index contributed by atoms with van der Waals surface area (Å²) in [5, 5.41) is 4.56. The lowest BCUT2D eigenvalue weighted by Crippen LogP contribution is -2.38. The van der Waals surface area contributed by atoms with E-state index in [1.54, 1.807) is 0 Å². The van der Waals surface area contributed by atoms with Crippen LogP contribution in [0.5, 0.6) is 0 Å². The lowest BCUT2D eigenvalue weighted by atomic mass is 9.99. The number of para-hydroxylation sites is 1. The predicted molar refractivity (Wildman–Crippen MR) is 120 cm³/mol. The van der Waals surface area contributed by atoms with Gasteiger partial charge in [-0.1, -0.05) is 38.5 Å². The van der Waals surface area contributed by atoms with Crippen molar-refractivity contribution in [2.24, 2.45) is 27.4 Å². The van der Waals surface area contributed by atoms with Gasteiger partial charge < -0.3 is 21.8 Å². The summed E-state index contributed by atoms with van der Waals surface area (Å²) < 4.78 is 0. The number of allylic oxidation sites excluding steroid dienone is 1. The molecule has 4 rings (SSSR count). The molecule has 1 amide bonds. The van der Waals surface area contributed by atoms with E-state index in [2.05, 4.69) is 35.2 Å². The van der Waals surface area contributed by atoms with Gasteiger partial charge in [-0.3, -0.25) is 19.7 Å². The van der Waals surface area contributed by atoms with Gasteiger partial charge in [0.15, 0.2) is 5.96 Å². The molecule has 2 atom stereocenters. The first-order valence-electron chi connectivity index (χ1n) is 10.5. The summed E-state index contributed by atoms with van der Waals surface area (Å²) in [7, 11) is 0. The zero-order valence-corrected chi connectivity index (χ0v) is 17.5. The molecule has 2 aliphatic heterocycles. The minimum atomic E-state index is -0.213. The third-order valence-electron chi connectivity index (χ3n) is 5.92. The summed E-state index contributed by atoms with van der Waals surface area (Å²) in [6.45, 7) is 5.21. The van der Waals surface area contributed by atoms with Crippen LogP contribution in [0.4, 0.5) is 0 Å². The van der Waals surface area contributed by atoms with Crippen molar-refractivity contribution in [3.05, 3.63) is 47.5 Å². The number of rotatable bonds is 7. The van der Waals surface area contributed by atoms with Crippen LogP contribution >= 0.6 is 0 Å². The van der Waals surface area contributed by atoms with Crippen LogP contribution in [0.2, 0.25) is 0 Å². The quantitative estimate of drug-likeness (QED) is 0.318. The van der Waals surface area contributed by atoms with E-state index in [0.29, 0.717) is 19.5 Å². The highest BCUT2D eigenvalue weighted by Crippen LogP contribution is 2.31. The molecule has 30 heavy (non-hydrogen) atoms. The first kappa shape index (κ1) is 20.0. The Kier molecular flexibility index (Phi) is 5.48. The number of aromatic nitrogens is 1. The molecule has 8 heteroatoms. The molecule has 8 nitrogen and oxygen atoms in total. The molecular weight excluding hydrogens is 378 g/mol. The number of hydrogen-bond donors (Lipinski definition) is 4. The van der Waals surface area contributed by atoms with Gasteiger partial charge >= 0.3 is 0 Å². The second-order valence-corrected chi connectivity index (χ2v) is 7.94. The molecule has 158 valence electrons. The van der Waals surface area contributed by atoms with Crippen LogP contribution in [-0.2, 0) is 4.79 Å². The number of carbonyl (C=O) groups is 1. The third-order valence-corrected chi connectivity index (χ3v) is 5.92. The summed E-state index contributed by atoms with van der Waals surface area (Å²) >= 11 is 0. The number of H-pyrrole nitrogens is 1. The Hall–Kier alpha value is -3.29. The number of nitrogens with one attached hydrogen (secondary N) is 2. The van der Waals surface area contributed by atoms with E-state index in [4.69, 9.17) is 16.5 Å². The van der Waals surface area contributed by atoms with Gasteiger partial charge in [-0.05, 0) is 24.8 Å². The van der Waals surface area contributed by atoms with Crippen LogP contribution in [0.25, 0.3) is 10.9 Å². The van der Waals surface area contributed by atoms with Gasteiger partial charge in [0.1, 0.15) is 11.9 Å². The predicted octanol–water partition coefficient (Wildman–Crippen LogP) is 2.04. The lowest BCUT2D eigenvalue weighted by Gasteiger charge is -2.25. The smallest absolute Gasteiger partial charge is 0.251 e. The number of aromatic amines is 1. The maximum absolute atomic E-state index is 13.2. The van der Waals surface area contributed by atoms with Gasteiger partial charge in [0.25, 0.3) is 5.91 Å². The number of guanidine groups is 1. The Morgan fingerprint density at radius 1 is 1.37 bits per heavy atom. The summed E-state index contributed by atoms with van der Waals surface area (Å²) in [6, 6.07) is 7.93. The van der Waals surface area contributed by atoms with Gasteiger partial charge in [0, 0.05) is 29.2 Å². The molecule has 1 aromatic heterocycles. The average molecular weight is 408 g/mol. The number of fused-ring (bicyclic) bond motifs is 2. The maximum Gasteiger partial charge on any atom is 0.251 e. The molecule has 2 aliphatic rings. The molecular formula is C22H29N7O. The van der Waals surface area contributed by atoms with Gasteiger partial charge in [-0.25, -0.2) is 0 Å². The fourth-order valence-electron chi connectivity index (χ4n) is 4.07. The topological polar surface area (TPSA) is 125 Å². The molecule has 0 saturated carbocycles. The summed E-state index contributed by atoms with van der Waals surface area (Å²) in [5.74, 6) is 1.29. The van der Waals surface area contributed by atoms with Gasteiger partial charge in [-0.2, -0.15) is 0 Å². The first-order chi connectivity index (χ1) is 14.5. The number of hydrogen-bond acceptors (Lipinski definition) is 4. The average Bonchev–Trinajstić information content (AvgIpc) is 3.32. The largest absolute Gasteiger partial charge is 0.370 e. The molecule has 0 spiro atoms. The number of carbonyl (C=O) groups excluding carboxylic acids is 1. The van der Waals surface area contributed by atoms with Gasteiger partial charge in [0.05, 0.1) is 18.0 Å². The van der Waals surface area contributed by atoms with Crippen molar-refractivity contribution in [3.63, 3.8) is 0 Å². The van der Waals surface area contributed by atoms with E-state index in [1.807, 2.05) is 29.3 Å². The Morgan fingerprint density at radius 3 is 2.93 bits per heavy atom. The Morgan fingerprint density at radius 2 is 2.17 bits per heavy atom. The zero-order valence-electron chi connectivity index (χ0n) is 17.5. The monoisotopic (exact) mass is 407 g/mol. The number of benzene rings is 1. The third kappa shape index (κ3) is 3.65. The van der Waals surface area contributed by atoms with Crippen molar-refractivity contribution in [1.82, 2.24) is 15.2 Å². The van der Waals surface area contributed by atoms with Crippen LogP contribution in [0, 0.1) is 5.92 Å². The summed E-state index contributed by atoms with van der Waals surface area (Å²) in [6.07, 6.45) is 4.34. The second kappa shape index (κ2) is 8.22. The van der Waals surface area contributed by atoms with Crippen molar-refractivity contribution < 1.29 is 4.79 Å². The van der Waals surface area contributed by atoms with Crippen LogP contribution in [0.3, 0.4) is 0 Å². The highest BCUT2D eigenvalue weighted by Gasteiger charge is 2.41. The Labute approximate surface area is 176 Å². The Balaban J connectivity index is 1.68. The molecule has 0 radical (unpaired) electrons. The number of aliphatic imine (C=N–C) groups is 2. The molecule has 3 heterocycles. The van der Waals surface area contributed by atoms with Crippen molar-refractivity contribution in [1.29, 1.82) is 0 Å². The highest BCUT2D eigenvalue weighted by atomic mass is 16.2. The van der Waals surface area contributed by atoms with E-state index in [1.165, 1.54) is 0 Å². The van der Waals surface area contributed by atoms with E-state index in [9.17, 15) is 4.79 Å². The first-order valence-corrected chi connectivity index (χ1v) is 10.5. The molecule has 6 N–H and O–H groups in total. The maximum atomic E-state index is 13.2. The molecule has 0 bridgehead atoms. The lowest BCUT2D eigenvalue weighted by molar-refractivity contribution is -0.128. The summed E-state index contributed by atoms with van der Waals surface area (Å²) in [5.41, 5.74) is 14.8. The van der Waals surface area contributed by atoms with Crippen molar-refractivity contribution in [2.75, 3.05) is 13.1 Å². The van der Waals surface area contributed by atoms with E-state index in [-0.39, 0.29) is 23.8 Å². The highest BCUT2D eigenvalue weighted by molar-refractivity contribution is 6.13. The normalized spacial score (nSPS) is 19.5. The number of amides is 1. The molecule has 0 aliphatic carbocycles. The number of nitrogens with two attached hydrogens (primary N) is 2. The minimum Gasteiger partial charge on any atom is -0.370 e. The van der Waals surface area contributed by atoms with E-state index < -0.39 is 0 Å². The number of nitrogens with zero attached hydrogens (tertiary/aromatic N) is 3. The van der Waals surface area contributed by atoms with Gasteiger partial charge in [-0.15, -0.1) is 0 Å². The Bertz CT molecular complexity index is 1040. The second-order valence-electron chi connectivity index (χ2n) is 7.94. The van der Waals surface area contributed by atoms with E-state index in [0.717, 1.165) is 46.5 Å². The van der Waals surface area contributed by atoms with Crippen molar-refractivity contribution in [3.8, 4) is 0 Å². The van der Waals surface area contributed by atoms with Gasteiger partial charge in [0.2, 0.25) is 0 Å². The molecule has 1 unspecified atom stereocenters. The van der Waals surface area contributed by atoms with Crippen molar-refractivity contribution in [2.45, 2.75) is 39.2 Å². The molecule has 1 aromatic carbocycles. The fraction of sp³-hybridized carbons (Fsp3) is 0.409. The van der Waals surface area contributed by atoms with Crippen LogP contribution in [-0.4, -0.2) is 46.6 Å². The van der Waals surface area contributed by atoms with Crippen LogP contribution < -0.4 is 16.8 Å². The molecule has 1 fully saturated rings. The van der Waals surface area contributed by atoms with Crippen molar-refractivity contribution >= 4 is 28.5 Å². The summed E-state index contributed by atoms with van der Waals surface area (Å²) in [4.78, 5) is 27.4. The van der Waals surface area contributed by atoms with Crippen LogP contribution in [0.15, 0.2) is 52.0 Å². The van der Waals surface area contributed by atoms with Crippen LogP contribution in [0.1, 0.15) is 38.7 Å². The SMILES string of the molecule is CC[C@H](C)C1NC2=C(CCCN=C(N)N)N=C(c3c[nH]c4ccccc34)CN2C1=O. The molecule has 1 saturated heterocycles. The molecule has 2 aromatic rings. The zero-order chi connectivity index (χ0) is 21.3. The van der Waals surface area contributed by atoms with E-state index >= 15 is 0 Å². The standard InChI is InChI=1S/C22H29N7O/c1-3-13(2)19-21(30)29-12-18(15-11-26-16-8-5-4-7-14(15)16)27-17(20(29)28-19)9-6-10-25-22(23)24/h4-5,7-8,11,13,19,26,28H,3,6,9-10,12H2,1-2H3,(H4,23,24,25)/t13-,19?/m0/s1.